The fraction of sp³-hybridized carbons (Fsp3) is 0.565. The Hall–Kier alpha value is -2.10. The maximum absolute atomic E-state index is 4.96. The molecule has 1 saturated carbocycles. The molecular formula is C23H32N4. The lowest BCUT2D eigenvalue weighted by Crippen LogP contribution is -2.39. The van der Waals surface area contributed by atoms with Crippen LogP contribution in [0.5, 0.6) is 0 Å². The monoisotopic (exact) mass is 364 g/mol. The van der Waals surface area contributed by atoms with Crippen molar-refractivity contribution in [1.82, 2.24) is 9.97 Å². The number of rotatable bonds is 4. The van der Waals surface area contributed by atoms with Crippen LogP contribution in [0.3, 0.4) is 0 Å². The van der Waals surface area contributed by atoms with E-state index in [4.69, 9.17) is 9.97 Å². The van der Waals surface area contributed by atoms with E-state index in [-0.39, 0.29) is 0 Å². The molecule has 0 radical (unpaired) electrons. The molecule has 4 nitrogen and oxygen atoms in total. The first-order valence-corrected chi connectivity index (χ1v) is 10.6. The maximum Gasteiger partial charge on any atom is 0.225 e. The van der Waals surface area contributed by atoms with E-state index in [1.54, 1.807) is 0 Å². The standard InChI is InChI=1S/C23H32N4/c1-16(2)21-14-22(26-23(25-21)24-20-11-5-4-6-12-20)27-15-19-10-8-7-9-18(19)13-17(27)3/h7-10,14,16-17,20H,4-6,11-13,15H2,1-3H3,(H,24,25,26)/t17-/m0/s1. The highest BCUT2D eigenvalue weighted by Crippen LogP contribution is 2.30. The Bertz CT molecular complexity index is 780. The molecule has 0 amide bonds. The van der Waals surface area contributed by atoms with E-state index in [0.717, 1.165) is 30.4 Å². The van der Waals surface area contributed by atoms with Crippen molar-refractivity contribution in [2.75, 3.05) is 10.2 Å². The first-order valence-electron chi connectivity index (χ1n) is 10.6. The summed E-state index contributed by atoms with van der Waals surface area (Å²) in [6.45, 7) is 7.66. The summed E-state index contributed by atoms with van der Waals surface area (Å²) in [5.41, 5.74) is 4.02. The lowest BCUT2D eigenvalue weighted by molar-refractivity contribution is 0.460. The van der Waals surface area contributed by atoms with Gasteiger partial charge < -0.3 is 10.2 Å². The van der Waals surface area contributed by atoms with Gasteiger partial charge in [-0.05, 0) is 43.2 Å². The van der Waals surface area contributed by atoms with Gasteiger partial charge >= 0.3 is 0 Å². The Morgan fingerprint density at radius 3 is 2.52 bits per heavy atom. The Balaban J connectivity index is 1.63. The number of anilines is 2. The van der Waals surface area contributed by atoms with Gasteiger partial charge in [0.2, 0.25) is 5.95 Å². The third kappa shape index (κ3) is 4.10. The van der Waals surface area contributed by atoms with E-state index in [2.05, 4.69) is 61.3 Å². The normalized spacial score (nSPS) is 20.6. The molecule has 0 bridgehead atoms. The van der Waals surface area contributed by atoms with Crippen molar-refractivity contribution in [2.45, 2.75) is 83.8 Å². The van der Waals surface area contributed by atoms with E-state index < -0.39 is 0 Å². The van der Waals surface area contributed by atoms with Crippen LogP contribution < -0.4 is 10.2 Å². The van der Waals surface area contributed by atoms with Crippen LogP contribution in [-0.2, 0) is 13.0 Å². The molecule has 1 aromatic heterocycles. The second-order valence-corrected chi connectivity index (χ2v) is 8.56. The molecular weight excluding hydrogens is 332 g/mol. The van der Waals surface area contributed by atoms with Gasteiger partial charge in [0.1, 0.15) is 5.82 Å². The van der Waals surface area contributed by atoms with Gasteiger partial charge in [0.05, 0.1) is 5.69 Å². The highest BCUT2D eigenvalue weighted by Gasteiger charge is 2.25. The van der Waals surface area contributed by atoms with E-state index in [0.29, 0.717) is 18.0 Å². The average molecular weight is 365 g/mol. The summed E-state index contributed by atoms with van der Waals surface area (Å²) in [5.74, 6) is 2.27. The minimum Gasteiger partial charge on any atom is -0.351 e. The number of nitrogens with one attached hydrogen (secondary N) is 1. The highest BCUT2D eigenvalue weighted by atomic mass is 15.3. The third-order valence-electron chi connectivity index (χ3n) is 6.06. The minimum atomic E-state index is 0.394. The summed E-state index contributed by atoms with van der Waals surface area (Å²) >= 11 is 0. The zero-order valence-corrected chi connectivity index (χ0v) is 16.9. The van der Waals surface area contributed by atoms with Crippen LogP contribution in [0.2, 0.25) is 0 Å². The van der Waals surface area contributed by atoms with E-state index in [1.807, 2.05) is 0 Å². The quantitative estimate of drug-likeness (QED) is 0.800. The molecule has 27 heavy (non-hydrogen) atoms. The Morgan fingerprint density at radius 2 is 1.78 bits per heavy atom. The fourth-order valence-corrected chi connectivity index (χ4v) is 4.38. The number of nitrogens with zero attached hydrogens (tertiary/aromatic N) is 3. The smallest absolute Gasteiger partial charge is 0.225 e. The molecule has 2 aromatic rings. The first kappa shape index (κ1) is 18.3. The van der Waals surface area contributed by atoms with Crippen molar-refractivity contribution < 1.29 is 0 Å². The van der Waals surface area contributed by atoms with Gasteiger partial charge in [-0.3, -0.25) is 0 Å². The summed E-state index contributed by atoms with van der Waals surface area (Å²) in [6, 6.07) is 12.0. The van der Waals surface area contributed by atoms with Crippen molar-refractivity contribution in [3.63, 3.8) is 0 Å². The topological polar surface area (TPSA) is 41.1 Å². The van der Waals surface area contributed by atoms with Crippen LogP contribution in [0.25, 0.3) is 0 Å². The molecule has 1 fully saturated rings. The first-order chi connectivity index (χ1) is 13.1. The number of benzene rings is 1. The SMILES string of the molecule is CC(C)c1cc(N2Cc3ccccc3C[C@@H]2C)nc(NC2CCCCC2)n1. The van der Waals surface area contributed by atoms with E-state index in [9.17, 15) is 0 Å². The lowest BCUT2D eigenvalue weighted by Gasteiger charge is -2.36. The van der Waals surface area contributed by atoms with Crippen molar-refractivity contribution in [3.05, 3.63) is 47.2 Å². The molecule has 1 aliphatic carbocycles. The van der Waals surface area contributed by atoms with Gasteiger partial charge in [0, 0.05) is 24.7 Å². The second kappa shape index (κ2) is 7.87. The molecule has 1 aromatic carbocycles. The van der Waals surface area contributed by atoms with Crippen molar-refractivity contribution in [2.24, 2.45) is 0 Å². The summed E-state index contributed by atoms with van der Waals surface area (Å²) in [5, 5.41) is 3.64. The number of hydrogen-bond donors (Lipinski definition) is 1. The zero-order valence-electron chi connectivity index (χ0n) is 16.9. The summed E-state index contributed by atoms with van der Waals surface area (Å²) in [4.78, 5) is 12.2. The van der Waals surface area contributed by atoms with Gasteiger partial charge in [-0.2, -0.15) is 4.98 Å². The van der Waals surface area contributed by atoms with Crippen LogP contribution in [0.4, 0.5) is 11.8 Å². The maximum atomic E-state index is 4.96. The van der Waals surface area contributed by atoms with Crippen LogP contribution >= 0.6 is 0 Å². The molecule has 2 heterocycles. The molecule has 0 unspecified atom stereocenters. The van der Waals surface area contributed by atoms with Gasteiger partial charge in [-0.1, -0.05) is 57.4 Å². The predicted molar refractivity (Wildman–Crippen MR) is 112 cm³/mol. The Labute approximate surface area is 163 Å². The van der Waals surface area contributed by atoms with Gasteiger partial charge in [-0.25, -0.2) is 4.98 Å². The molecule has 4 heteroatoms. The second-order valence-electron chi connectivity index (χ2n) is 8.56. The van der Waals surface area contributed by atoms with Gasteiger partial charge in [0.15, 0.2) is 0 Å². The lowest BCUT2D eigenvalue weighted by atomic mass is 9.95. The van der Waals surface area contributed by atoms with E-state index >= 15 is 0 Å². The molecule has 1 aliphatic heterocycles. The van der Waals surface area contributed by atoms with Crippen LogP contribution in [-0.4, -0.2) is 22.1 Å². The molecule has 1 atom stereocenters. The molecule has 144 valence electrons. The van der Waals surface area contributed by atoms with Crippen molar-refractivity contribution in [3.8, 4) is 0 Å². The van der Waals surface area contributed by atoms with Gasteiger partial charge in [0.25, 0.3) is 0 Å². The molecule has 0 saturated heterocycles. The highest BCUT2D eigenvalue weighted by molar-refractivity contribution is 5.50. The zero-order chi connectivity index (χ0) is 18.8. The Morgan fingerprint density at radius 1 is 1.04 bits per heavy atom. The van der Waals surface area contributed by atoms with Crippen LogP contribution in [0, 0.1) is 0 Å². The molecule has 4 rings (SSSR count). The summed E-state index contributed by atoms with van der Waals surface area (Å²) in [6.07, 6.45) is 7.53. The molecule has 2 aliphatic rings. The van der Waals surface area contributed by atoms with E-state index in [1.165, 1.54) is 43.2 Å². The summed E-state index contributed by atoms with van der Waals surface area (Å²) in [7, 11) is 0. The van der Waals surface area contributed by atoms with Crippen molar-refractivity contribution in [1.29, 1.82) is 0 Å². The van der Waals surface area contributed by atoms with Crippen LogP contribution in [0.15, 0.2) is 30.3 Å². The largest absolute Gasteiger partial charge is 0.351 e. The fourth-order valence-electron chi connectivity index (χ4n) is 4.38. The predicted octanol–water partition coefficient (Wildman–Crippen LogP) is 5.30. The minimum absolute atomic E-state index is 0.394. The Kier molecular flexibility index (Phi) is 5.33. The van der Waals surface area contributed by atoms with Gasteiger partial charge in [-0.15, -0.1) is 0 Å². The van der Waals surface area contributed by atoms with Crippen LogP contribution in [0.1, 0.15) is 75.6 Å². The molecule has 1 N–H and O–H groups in total. The number of aromatic nitrogens is 2. The third-order valence-corrected chi connectivity index (χ3v) is 6.06. The summed E-state index contributed by atoms with van der Waals surface area (Å²) < 4.78 is 0. The number of hydrogen-bond acceptors (Lipinski definition) is 4. The number of fused-ring (bicyclic) bond motifs is 1. The van der Waals surface area contributed by atoms with Crippen molar-refractivity contribution >= 4 is 11.8 Å². The molecule has 0 spiro atoms. The average Bonchev–Trinajstić information content (AvgIpc) is 2.68.